The number of aromatic nitrogens is 3. The minimum absolute atomic E-state index is 0.0362. The molecule has 2 aromatic rings. The third-order valence-electron chi connectivity index (χ3n) is 4.01. The van der Waals surface area contributed by atoms with Crippen LogP contribution in [0, 0.1) is 0 Å². The van der Waals surface area contributed by atoms with Crippen molar-refractivity contribution in [1.29, 1.82) is 0 Å². The minimum Gasteiger partial charge on any atom is -0.490 e. The van der Waals surface area contributed by atoms with Crippen molar-refractivity contribution in [2.45, 2.75) is 39.0 Å². The quantitative estimate of drug-likeness (QED) is 0.881. The molecule has 0 spiro atoms. The number of ether oxygens (including phenoxy) is 1. The zero-order valence-electron chi connectivity index (χ0n) is 14.4. The summed E-state index contributed by atoms with van der Waals surface area (Å²) >= 11 is 6.05. The van der Waals surface area contributed by atoms with Gasteiger partial charge in [0, 0.05) is 18.1 Å². The first kappa shape index (κ1) is 17.7. The zero-order valence-corrected chi connectivity index (χ0v) is 15.1. The highest BCUT2D eigenvalue weighted by Gasteiger charge is 2.34. The van der Waals surface area contributed by atoms with Crippen molar-refractivity contribution in [2.24, 2.45) is 0 Å². The first-order chi connectivity index (χ1) is 11.8. The van der Waals surface area contributed by atoms with E-state index in [9.17, 15) is 9.90 Å². The highest BCUT2D eigenvalue weighted by molar-refractivity contribution is 6.31. The van der Waals surface area contributed by atoms with E-state index in [-0.39, 0.29) is 18.1 Å². The van der Waals surface area contributed by atoms with Gasteiger partial charge >= 0.3 is 0 Å². The molecular weight excluding hydrogens is 344 g/mol. The maximum Gasteiger partial charge on any atom is 0.257 e. The number of carbonyl (C=O) groups is 1. The lowest BCUT2D eigenvalue weighted by atomic mass is 10.1. The summed E-state index contributed by atoms with van der Waals surface area (Å²) in [6, 6.07) is 5.12. The summed E-state index contributed by atoms with van der Waals surface area (Å²) in [5.41, 5.74) is 0.982. The standard InChI is InChI=1S/C17H21ClN4O3/c1-10(2)25-16-5-4-12(18)6-14(16)17(24)21-7-13(8-21)22-9-15(11(3)23)19-20-22/h4-6,9-11,13,23H,7-8H2,1-3H3/t11-/m0/s1. The molecule has 0 aliphatic carbocycles. The van der Waals surface area contributed by atoms with E-state index in [2.05, 4.69) is 10.3 Å². The minimum atomic E-state index is -0.659. The first-order valence-electron chi connectivity index (χ1n) is 8.20. The Kier molecular flexibility index (Phi) is 4.96. The Hall–Kier alpha value is -2.12. The Morgan fingerprint density at radius 1 is 1.36 bits per heavy atom. The summed E-state index contributed by atoms with van der Waals surface area (Å²) in [6.07, 6.45) is 1.02. The van der Waals surface area contributed by atoms with Gasteiger partial charge < -0.3 is 14.7 Å². The third kappa shape index (κ3) is 3.77. The summed E-state index contributed by atoms with van der Waals surface area (Å²) in [6.45, 7) is 6.50. The summed E-state index contributed by atoms with van der Waals surface area (Å²) in [5, 5.41) is 18.0. The van der Waals surface area contributed by atoms with Gasteiger partial charge in [0.1, 0.15) is 11.4 Å². The monoisotopic (exact) mass is 364 g/mol. The van der Waals surface area contributed by atoms with Crippen LogP contribution < -0.4 is 4.74 Å². The normalized spacial score (nSPS) is 16.0. The SMILES string of the molecule is CC(C)Oc1ccc(Cl)cc1C(=O)N1CC(n2cc([C@H](C)O)nn2)C1. The zero-order chi connectivity index (χ0) is 18.1. The average molecular weight is 365 g/mol. The second-order valence-corrected chi connectivity index (χ2v) is 6.91. The first-order valence-corrected chi connectivity index (χ1v) is 8.58. The molecule has 0 saturated carbocycles. The Morgan fingerprint density at radius 3 is 2.68 bits per heavy atom. The average Bonchev–Trinajstić information content (AvgIpc) is 2.96. The molecule has 1 atom stereocenters. The second kappa shape index (κ2) is 7.01. The Labute approximate surface area is 151 Å². The topological polar surface area (TPSA) is 80.5 Å². The van der Waals surface area contributed by atoms with Crippen molar-refractivity contribution in [3.8, 4) is 5.75 Å². The van der Waals surface area contributed by atoms with E-state index in [0.29, 0.717) is 35.1 Å². The summed E-state index contributed by atoms with van der Waals surface area (Å²) < 4.78 is 7.41. The van der Waals surface area contributed by atoms with Crippen LogP contribution in [0.15, 0.2) is 24.4 Å². The summed E-state index contributed by atoms with van der Waals surface area (Å²) in [5.74, 6) is 0.412. The van der Waals surface area contributed by atoms with Crippen molar-refractivity contribution in [2.75, 3.05) is 13.1 Å². The van der Waals surface area contributed by atoms with Gasteiger partial charge in [-0.15, -0.1) is 5.10 Å². The number of hydrogen-bond acceptors (Lipinski definition) is 5. The number of hydrogen-bond donors (Lipinski definition) is 1. The lowest BCUT2D eigenvalue weighted by Crippen LogP contribution is -2.51. The van der Waals surface area contributed by atoms with E-state index in [4.69, 9.17) is 16.3 Å². The molecule has 2 heterocycles. The molecule has 1 fully saturated rings. The molecular formula is C17H21ClN4O3. The van der Waals surface area contributed by atoms with E-state index in [0.717, 1.165) is 0 Å². The maximum atomic E-state index is 12.8. The largest absolute Gasteiger partial charge is 0.490 e. The van der Waals surface area contributed by atoms with Crippen LogP contribution in [0.25, 0.3) is 0 Å². The van der Waals surface area contributed by atoms with Crippen LogP contribution in [0.1, 0.15) is 49.0 Å². The van der Waals surface area contributed by atoms with Gasteiger partial charge in [-0.3, -0.25) is 4.79 Å². The van der Waals surface area contributed by atoms with E-state index in [1.807, 2.05) is 13.8 Å². The van der Waals surface area contributed by atoms with Crippen LogP contribution in [0.2, 0.25) is 5.02 Å². The Bertz CT molecular complexity index is 769. The predicted molar refractivity (Wildman–Crippen MR) is 92.8 cm³/mol. The molecule has 0 bridgehead atoms. The number of halogens is 1. The number of nitrogens with zero attached hydrogens (tertiary/aromatic N) is 4. The van der Waals surface area contributed by atoms with Crippen LogP contribution in [0.3, 0.4) is 0 Å². The number of rotatable bonds is 5. The lowest BCUT2D eigenvalue weighted by Gasteiger charge is -2.39. The molecule has 1 aliphatic heterocycles. The van der Waals surface area contributed by atoms with Gasteiger partial charge in [0.05, 0.1) is 30.0 Å². The van der Waals surface area contributed by atoms with Gasteiger partial charge in [-0.2, -0.15) is 0 Å². The van der Waals surface area contributed by atoms with Crippen molar-refractivity contribution >= 4 is 17.5 Å². The summed E-state index contributed by atoms with van der Waals surface area (Å²) in [4.78, 5) is 14.5. The van der Waals surface area contributed by atoms with E-state index >= 15 is 0 Å². The fourth-order valence-corrected chi connectivity index (χ4v) is 2.82. The molecule has 1 aromatic heterocycles. The molecule has 0 radical (unpaired) electrons. The van der Waals surface area contributed by atoms with Crippen LogP contribution >= 0.6 is 11.6 Å². The number of likely N-dealkylation sites (tertiary alicyclic amines) is 1. The number of carbonyl (C=O) groups excluding carboxylic acids is 1. The van der Waals surface area contributed by atoms with Gasteiger partial charge in [0.2, 0.25) is 0 Å². The van der Waals surface area contributed by atoms with Crippen molar-refractivity contribution in [3.05, 3.63) is 40.7 Å². The smallest absolute Gasteiger partial charge is 0.257 e. The number of aliphatic hydroxyl groups excluding tert-OH is 1. The van der Waals surface area contributed by atoms with Gasteiger partial charge in [0.15, 0.2) is 0 Å². The van der Waals surface area contributed by atoms with Crippen LogP contribution in [-0.4, -0.2) is 50.1 Å². The number of benzene rings is 1. The molecule has 1 amide bonds. The fourth-order valence-electron chi connectivity index (χ4n) is 2.65. The van der Waals surface area contributed by atoms with Gasteiger partial charge in [0.25, 0.3) is 5.91 Å². The molecule has 0 unspecified atom stereocenters. The highest BCUT2D eigenvalue weighted by atomic mass is 35.5. The summed E-state index contributed by atoms with van der Waals surface area (Å²) in [7, 11) is 0. The molecule has 8 heteroatoms. The Balaban J connectivity index is 1.70. The highest BCUT2D eigenvalue weighted by Crippen LogP contribution is 2.29. The van der Waals surface area contributed by atoms with Gasteiger partial charge in [-0.05, 0) is 39.0 Å². The van der Waals surface area contributed by atoms with E-state index in [1.54, 1.807) is 40.9 Å². The van der Waals surface area contributed by atoms with Gasteiger partial charge in [-0.1, -0.05) is 16.8 Å². The number of amides is 1. The van der Waals surface area contributed by atoms with Crippen LogP contribution in [-0.2, 0) is 0 Å². The van der Waals surface area contributed by atoms with Crippen LogP contribution in [0.5, 0.6) is 5.75 Å². The molecule has 25 heavy (non-hydrogen) atoms. The van der Waals surface area contributed by atoms with Crippen molar-refractivity contribution in [1.82, 2.24) is 19.9 Å². The molecule has 134 valence electrons. The Morgan fingerprint density at radius 2 is 2.08 bits per heavy atom. The molecule has 1 aromatic carbocycles. The third-order valence-corrected chi connectivity index (χ3v) is 4.25. The molecule has 7 nitrogen and oxygen atoms in total. The molecule has 3 rings (SSSR count). The lowest BCUT2D eigenvalue weighted by molar-refractivity contribution is 0.0492. The van der Waals surface area contributed by atoms with Crippen LogP contribution in [0.4, 0.5) is 0 Å². The van der Waals surface area contributed by atoms with Crippen molar-refractivity contribution < 1.29 is 14.6 Å². The fraction of sp³-hybridized carbons (Fsp3) is 0.471. The maximum absolute atomic E-state index is 12.8. The van der Waals surface area contributed by atoms with Crippen molar-refractivity contribution in [3.63, 3.8) is 0 Å². The van der Waals surface area contributed by atoms with E-state index in [1.165, 1.54) is 0 Å². The van der Waals surface area contributed by atoms with E-state index < -0.39 is 6.10 Å². The predicted octanol–water partition coefficient (Wildman–Crippen LogP) is 2.47. The molecule has 1 aliphatic rings. The molecule has 1 saturated heterocycles. The number of aliphatic hydroxyl groups is 1. The molecule has 1 N–H and O–H groups in total. The second-order valence-electron chi connectivity index (χ2n) is 6.47. The van der Waals surface area contributed by atoms with Gasteiger partial charge in [-0.25, -0.2) is 4.68 Å².